The molecule has 2 rings (SSSR count). The normalized spacial score (nSPS) is 17.0. The first-order valence-electron chi connectivity index (χ1n) is 6.31. The van der Waals surface area contributed by atoms with Gasteiger partial charge in [-0.3, -0.25) is 4.79 Å². The zero-order chi connectivity index (χ0) is 13.1. The van der Waals surface area contributed by atoms with E-state index in [2.05, 4.69) is 5.32 Å². The third-order valence-electron chi connectivity index (χ3n) is 3.62. The smallest absolute Gasteiger partial charge is 0.225 e. The fourth-order valence-electron chi connectivity index (χ4n) is 2.22. The Hall–Kier alpha value is -1.55. The second-order valence-electron chi connectivity index (χ2n) is 5.07. The number of aromatic hydroxyl groups is 1. The van der Waals surface area contributed by atoms with Crippen LogP contribution in [0.1, 0.15) is 12.5 Å². The Labute approximate surface area is 108 Å². The highest BCUT2D eigenvalue weighted by Gasteiger charge is 2.30. The van der Waals surface area contributed by atoms with Gasteiger partial charge in [-0.2, -0.15) is 0 Å². The van der Waals surface area contributed by atoms with Gasteiger partial charge >= 0.3 is 0 Å². The Morgan fingerprint density at radius 2 is 2.28 bits per heavy atom. The molecule has 2 N–H and O–H groups in total. The summed E-state index contributed by atoms with van der Waals surface area (Å²) in [5.41, 5.74) is 0.949. The molecule has 1 fully saturated rings. The molecular weight excluding hydrogens is 228 g/mol. The van der Waals surface area contributed by atoms with E-state index in [1.807, 2.05) is 20.0 Å². The molecule has 98 valence electrons. The summed E-state index contributed by atoms with van der Waals surface area (Å²) >= 11 is 0. The van der Waals surface area contributed by atoms with Gasteiger partial charge in [-0.15, -0.1) is 0 Å². The number of carbonyl (C=O) groups excluding carboxylic acids is 1. The summed E-state index contributed by atoms with van der Waals surface area (Å²) < 4.78 is 0. The largest absolute Gasteiger partial charge is 0.508 e. The van der Waals surface area contributed by atoms with E-state index in [4.69, 9.17) is 0 Å². The Bertz CT molecular complexity index is 430. The van der Waals surface area contributed by atoms with Crippen LogP contribution in [0.5, 0.6) is 5.75 Å². The number of amides is 1. The number of phenols is 1. The fraction of sp³-hybridized carbons (Fsp3) is 0.500. The van der Waals surface area contributed by atoms with Crippen LogP contribution < -0.4 is 5.32 Å². The number of hydrogen-bond acceptors (Lipinski definition) is 3. The summed E-state index contributed by atoms with van der Waals surface area (Å²) in [5, 5.41) is 12.6. The van der Waals surface area contributed by atoms with Crippen LogP contribution in [0, 0.1) is 11.8 Å². The fourth-order valence-corrected chi connectivity index (χ4v) is 2.22. The Balaban J connectivity index is 1.94. The molecule has 1 aliphatic heterocycles. The van der Waals surface area contributed by atoms with Gasteiger partial charge in [-0.1, -0.05) is 19.1 Å². The van der Waals surface area contributed by atoms with Crippen molar-refractivity contribution in [3.8, 4) is 5.75 Å². The topological polar surface area (TPSA) is 52.6 Å². The molecular formula is C14H20N2O2. The Morgan fingerprint density at radius 3 is 2.83 bits per heavy atom. The van der Waals surface area contributed by atoms with Crippen LogP contribution in [-0.2, 0) is 11.3 Å². The first-order chi connectivity index (χ1) is 8.58. The number of nitrogens with zero attached hydrogens (tertiary/aromatic N) is 1. The lowest BCUT2D eigenvalue weighted by molar-refractivity contribution is -0.136. The highest BCUT2D eigenvalue weighted by Crippen LogP contribution is 2.19. The molecule has 0 aromatic heterocycles. The van der Waals surface area contributed by atoms with Gasteiger partial charge in [-0.25, -0.2) is 0 Å². The third-order valence-corrected chi connectivity index (χ3v) is 3.62. The van der Waals surface area contributed by atoms with E-state index in [0.29, 0.717) is 12.5 Å². The molecule has 1 atom stereocenters. The van der Waals surface area contributed by atoms with Crippen molar-refractivity contribution in [2.75, 3.05) is 20.1 Å². The molecule has 18 heavy (non-hydrogen) atoms. The highest BCUT2D eigenvalue weighted by molar-refractivity contribution is 5.78. The highest BCUT2D eigenvalue weighted by atomic mass is 16.3. The SMILES string of the molecule is CC(C(=O)N(C)Cc1cccc(O)c1)C1CNC1. The summed E-state index contributed by atoms with van der Waals surface area (Å²) in [6.45, 7) is 4.41. The number of carbonyl (C=O) groups is 1. The standard InChI is InChI=1S/C14H20N2O2/c1-10(12-7-15-8-12)14(18)16(2)9-11-4-3-5-13(17)6-11/h3-6,10,12,15,17H,7-9H2,1-2H3. The Kier molecular flexibility index (Phi) is 3.87. The van der Waals surface area contributed by atoms with Gasteiger partial charge in [0.1, 0.15) is 5.75 Å². The summed E-state index contributed by atoms with van der Waals surface area (Å²) in [6.07, 6.45) is 0. The molecule has 4 nitrogen and oxygen atoms in total. The van der Waals surface area contributed by atoms with E-state index in [0.717, 1.165) is 18.7 Å². The van der Waals surface area contributed by atoms with Crippen LogP contribution in [0.4, 0.5) is 0 Å². The van der Waals surface area contributed by atoms with Crippen LogP contribution in [0.25, 0.3) is 0 Å². The summed E-state index contributed by atoms with van der Waals surface area (Å²) in [6, 6.07) is 7.04. The van der Waals surface area contributed by atoms with E-state index in [1.165, 1.54) is 0 Å². The molecule has 1 aliphatic rings. The minimum absolute atomic E-state index is 0.0635. The molecule has 1 heterocycles. The van der Waals surface area contributed by atoms with Crippen molar-refractivity contribution >= 4 is 5.91 Å². The van der Waals surface area contributed by atoms with Gasteiger partial charge in [0.2, 0.25) is 5.91 Å². The molecule has 0 aliphatic carbocycles. The molecule has 1 unspecified atom stereocenters. The number of rotatable bonds is 4. The minimum atomic E-state index is 0.0635. The van der Waals surface area contributed by atoms with E-state index in [-0.39, 0.29) is 17.6 Å². The summed E-state index contributed by atoms with van der Waals surface area (Å²) in [7, 11) is 1.81. The van der Waals surface area contributed by atoms with E-state index in [1.54, 1.807) is 23.1 Å². The van der Waals surface area contributed by atoms with Gasteiger partial charge < -0.3 is 15.3 Å². The van der Waals surface area contributed by atoms with E-state index in [9.17, 15) is 9.90 Å². The second-order valence-corrected chi connectivity index (χ2v) is 5.07. The zero-order valence-electron chi connectivity index (χ0n) is 10.9. The molecule has 0 saturated carbocycles. The lowest BCUT2D eigenvalue weighted by Crippen LogP contribution is -2.49. The predicted molar refractivity (Wildman–Crippen MR) is 70.1 cm³/mol. The average molecular weight is 248 g/mol. The van der Waals surface area contributed by atoms with Crippen molar-refractivity contribution in [2.24, 2.45) is 11.8 Å². The number of benzene rings is 1. The van der Waals surface area contributed by atoms with Crippen molar-refractivity contribution in [1.82, 2.24) is 10.2 Å². The minimum Gasteiger partial charge on any atom is -0.508 e. The number of hydrogen-bond donors (Lipinski definition) is 2. The lowest BCUT2D eigenvalue weighted by Gasteiger charge is -2.34. The lowest BCUT2D eigenvalue weighted by atomic mass is 9.88. The maximum absolute atomic E-state index is 12.2. The predicted octanol–water partition coefficient (Wildman–Crippen LogP) is 1.21. The van der Waals surface area contributed by atoms with Crippen LogP contribution in [-0.4, -0.2) is 36.1 Å². The molecule has 0 spiro atoms. The zero-order valence-corrected chi connectivity index (χ0v) is 10.9. The second kappa shape index (κ2) is 5.40. The monoisotopic (exact) mass is 248 g/mol. The van der Waals surface area contributed by atoms with Gasteiger partial charge in [0.05, 0.1) is 0 Å². The van der Waals surface area contributed by atoms with Crippen molar-refractivity contribution in [2.45, 2.75) is 13.5 Å². The molecule has 1 amide bonds. The number of phenolic OH excluding ortho intramolecular Hbond substituents is 1. The molecule has 0 bridgehead atoms. The number of nitrogens with one attached hydrogen (secondary N) is 1. The summed E-state index contributed by atoms with van der Waals surface area (Å²) in [4.78, 5) is 13.9. The van der Waals surface area contributed by atoms with Crippen LogP contribution >= 0.6 is 0 Å². The maximum Gasteiger partial charge on any atom is 0.225 e. The first kappa shape index (κ1) is 12.9. The Morgan fingerprint density at radius 1 is 1.56 bits per heavy atom. The van der Waals surface area contributed by atoms with Crippen molar-refractivity contribution in [3.05, 3.63) is 29.8 Å². The van der Waals surface area contributed by atoms with Gasteiger partial charge in [0.25, 0.3) is 0 Å². The average Bonchev–Trinajstić information content (AvgIpc) is 2.25. The van der Waals surface area contributed by atoms with Crippen molar-refractivity contribution < 1.29 is 9.90 Å². The van der Waals surface area contributed by atoms with Gasteiger partial charge in [0, 0.05) is 19.5 Å². The molecule has 1 aromatic carbocycles. The maximum atomic E-state index is 12.2. The van der Waals surface area contributed by atoms with Crippen LogP contribution in [0.3, 0.4) is 0 Å². The van der Waals surface area contributed by atoms with Crippen molar-refractivity contribution in [1.29, 1.82) is 0 Å². The molecule has 0 radical (unpaired) electrons. The van der Waals surface area contributed by atoms with Gasteiger partial charge in [-0.05, 0) is 36.7 Å². The molecule has 1 aromatic rings. The quantitative estimate of drug-likeness (QED) is 0.842. The molecule has 4 heteroatoms. The van der Waals surface area contributed by atoms with Crippen molar-refractivity contribution in [3.63, 3.8) is 0 Å². The van der Waals surface area contributed by atoms with Gasteiger partial charge in [0.15, 0.2) is 0 Å². The third kappa shape index (κ3) is 2.82. The van der Waals surface area contributed by atoms with Crippen LogP contribution in [0.2, 0.25) is 0 Å². The summed E-state index contributed by atoms with van der Waals surface area (Å²) in [5.74, 6) is 0.937. The van der Waals surface area contributed by atoms with E-state index < -0.39 is 0 Å². The van der Waals surface area contributed by atoms with Crippen LogP contribution in [0.15, 0.2) is 24.3 Å². The first-order valence-corrected chi connectivity index (χ1v) is 6.31. The van der Waals surface area contributed by atoms with E-state index >= 15 is 0 Å². The molecule has 1 saturated heterocycles.